The van der Waals surface area contributed by atoms with Gasteiger partial charge >= 0.3 is 5.82 Å². The van der Waals surface area contributed by atoms with E-state index in [0.717, 1.165) is 0 Å². The highest BCUT2D eigenvalue weighted by atomic mass is 79.9. The second-order valence-corrected chi connectivity index (χ2v) is 7.05. The number of aromatic nitrogens is 4. The number of carbonyl (C=O) groups excluding carboxylic acids is 1. The molecular weight excluding hydrogens is 459 g/mol. The van der Waals surface area contributed by atoms with Gasteiger partial charge in [-0.2, -0.15) is 9.78 Å². The number of hydrogen-bond acceptors (Lipinski definition) is 5. The van der Waals surface area contributed by atoms with Crippen molar-refractivity contribution in [1.82, 2.24) is 19.6 Å². The van der Waals surface area contributed by atoms with E-state index in [0.29, 0.717) is 23.5 Å². The highest BCUT2D eigenvalue weighted by molar-refractivity contribution is 9.10. The highest BCUT2D eigenvalue weighted by Gasteiger charge is 2.24. The Kier molecular flexibility index (Phi) is 5.75. The SMILES string of the molecule is Cc1c(Br)c([N+](=O)[O-])nn1CC(=O)Nc1cnn(Cc2ccc(F)cc2Cl)c1. The van der Waals surface area contributed by atoms with Crippen molar-refractivity contribution in [2.24, 2.45) is 0 Å². The standard InChI is InChI=1S/C16H13BrClFN6O3/c1-9-15(17)16(25(27)28)22-24(9)8-14(26)21-12-5-20-23(7-12)6-10-2-3-11(19)4-13(10)18/h2-5,7H,6,8H2,1H3,(H,21,26). The van der Waals surface area contributed by atoms with Gasteiger partial charge in [-0.05, 0) is 45.5 Å². The van der Waals surface area contributed by atoms with E-state index in [1.54, 1.807) is 19.2 Å². The van der Waals surface area contributed by atoms with E-state index >= 15 is 0 Å². The summed E-state index contributed by atoms with van der Waals surface area (Å²) in [5, 5.41) is 21.8. The van der Waals surface area contributed by atoms with Crippen molar-refractivity contribution >= 4 is 44.9 Å². The highest BCUT2D eigenvalue weighted by Crippen LogP contribution is 2.27. The van der Waals surface area contributed by atoms with Crippen molar-refractivity contribution in [3.8, 4) is 0 Å². The lowest BCUT2D eigenvalue weighted by atomic mass is 10.2. The van der Waals surface area contributed by atoms with Gasteiger partial charge in [0.25, 0.3) is 0 Å². The minimum absolute atomic E-state index is 0.201. The predicted octanol–water partition coefficient (Wildman–Crippen LogP) is 3.54. The number of nitrogens with one attached hydrogen (secondary N) is 1. The maximum absolute atomic E-state index is 13.1. The smallest absolute Gasteiger partial charge is 0.358 e. The summed E-state index contributed by atoms with van der Waals surface area (Å²) in [5.74, 6) is -1.20. The summed E-state index contributed by atoms with van der Waals surface area (Å²) in [4.78, 5) is 22.5. The average molecular weight is 472 g/mol. The van der Waals surface area contributed by atoms with Gasteiger partial charge in [0, 0.05) is 11.2 Å². The van der Waals surface area contributed by atoms with Crippen molar-refractivity contribution in [2.45, 2.75) is 20.0 Å². The number of rotatable bonds is 6. The number of nitro groups is 1. The minimum Gasteiger partial charge on any atom is -0.358 e. The molecule has 0 fully saturated rings. The topological polar surface area (TPSA) is 108 Å². The van der Waals surface area contributed by atoms with Gasteiger partial charge in [-0.25, -0.2) is 4.39 Å². The molecule has 1 aromatic carbocycles. The van der Waals surface area contributed by atoms with Gasteiger partial charge in [-0.15, -0.1) is 0 Å². The van der Waals surface area contributed by atoms with Crippen LogP contribution in [0.4, 0.5) is 15.9 Å². The molecule has 3 aromatic rings. The van der Waals surface area contributed by atoms with Gasteiger partial charge in [0.05, 0.1) is 29.2 Å². The Morgan fingerprint density at radius 2 is 2.21 bits per heavy atom. The van der Waals surface area contributed by atoms with E-state index in [9.17, 15) is 19.3 Å². The molecule has 0 radical (unpaired) electrons. The fraction of sp³-hybridized carbons (Fsp3) is 0.188. The molecule has 0 aliphatic carbocycles. The lowest BCUT2D eigenvalue weighted by Crippen LogP contribution is -2.20. The molecule has 0 atom stereocenters. The van der Waals surface area contributed by atoms with Crippen LogP contribution in [0.3, 0.4) is 0 Å². The summed E-state index contributed by atoms with van der Waals surface area (Å²) in [5.41, 5.74) is 1.57. The molecule has 1 N–H and O–H groups in total. The summed E-state index contributed by atoms with van der Waals surface area (Å²) < 4.78 is 16.1. The van der Waals surface area contributed by atoms with Gasteiger partial charge in [0.1, 0.15) is 16.8 Å². The van der Waals surface area contributed by atoms with Crippen LogP contribution in [0.25, 0.3) is 0 Å². The summed E-state index contributed by atoms with van der Waals surface area (Å²) in [6, 6.07) is 4.08. The zero-order valence-electron chi connectivity index (χ0n) is 14.4. The fourth-order valence-electron chi connectivity index (χ4n) is 2.45. The molecule has 146 valence electrons. The zero-order valence-corrected chi connectivity index (χ0v) is 16.7. The van der Waals surface area contributed by atoms with Crippen LogP contribution in [0.1, 0.15) is 11.3 Å². The average Bonchev–Trinajstić information content (AvgIpc) is 3.16. The Morgan fingerprint density at radius 1 is 1.46 bits per heavy atom. The van der Waals surface area contributed by atoms with Crippen molar-refractivity contribution in [1.29, 1.82) is 0 Å². The lowest BCUT2D eigenvalue weighted by molar-refractivity contribution is -0.390. The second kappa shape index (κ2) is 8.07. The van der Waals surface area contributed by atoms with E-state index in [1.807, 2.05) is 0 Å². The Bertz CT molecular complexity index is 1070. The molecular formula is C16H13BrClFN6O3. The Balaban J connectivity index is 1.66. The summed E-state index contributed by atoms with van der Waals surface area (Å²) in [6.07, 6.45) is 3.04. The third kappa shape index (κ3) is 4.37. The van der Waals surface area contributed by atoms with Crippen LogP contribution < -0.4 is 5.32 Å². The number of carbonyl (C=O) groups is 1. The molecule has 1 amide bonds. The number of halogens is 3. The first-order valence-electron chi connectivity index (χ1n) is 7.88. The molecule has 0 aliphatic heterocycles. The van der Waals surface area contributed by atoms with Gasteiger partial charge in [-0.1, -0.05) is 17.7 Å². The van der Waals surface area contributed by atoms with Gasteiger partial charge in [0.15, 0.2) is 0 Å². The number of anilines is 1. The van der Waals surface area contributed by atoms with Crippen molar-refractivity contribution in [3.05, 3.63) is 67.3 Å². The van der Waals surface area contributed by atoms with Crippen LogP contribution in [0.2, 0.25) is 5.02 Å². The Labute approximate surface area is 171 Å². The molecule has 2 aromatic heterocycles. The van der Waals surface area contributed by atoms with Crippen LogP contribution in [0, 0.1) is 22.9 Å². The molecule has 0 spiro atoms. The number of amides is 1. The van der Waals surface area contributed by atoms with Gasteiger partial charge in [0.2, 0.25) is 5.91 Å². The van der Waals surface area contributed by atoms with Crippen LogP contribution in [0.15, 0.2) is 35.1 Å². The number of benzene rings is 1. The second-order valence-electron chi connectivity index (χ2n) is 5.85. The van der Waals surface area contributed by atoms with E-state index in [2.05, 4.69) is 31.4 Å². The molecule has 0 aliphatic rings. The quantitative estimate of drug-likeness (QED) is 0.437. The van der Waals surface area contributed by atoms with Crippen LogP contribution in [-0.2, 0) is 17.9 Å². The van der Waals surface area contributed by atoms with Crippen LogP contribution >= 0.6 is 27.5 Å². The summed E-state index contributed by atoms with van der Waals surface area (Å²) in [7, 11) is 0. The Hall–Kier alpha value is -2.79. The maximum Gasteiger partial charge on any atom is 0.404 e. The van der Waals surface area contributed by atoms with Crippen LogP contribution in [-0.4, -0.2) is 30.4 Å². The lowest BCUT2D eigenvalue weighted by Gasteiger charge is -2.05. The molecule has 0 bridgehead atoms. The van der Waals surface area contributed by atoms with E-state index < -0.39 is 16.6 Å². The van der Waals surface area contributed by atoms with Crippen molar-refractivity contribution in [3.63, 3.8) is 0 Å². The van der Waals surface area contributed by atoms with Crippen LogP contribution in [0.5, 0.6) is 0 Å². The third-order valence-electron chi connectivity index (χ3n) is 3.85. The molecule has 3 rings (SSSR count). The molecule has 0 unspecified atom stereocenters. The third-order valence-corrected chi connectivity index (χ3v) is 5.13. The van der Waals surface area contributed by atoms with Crippen molar-refractivity contribution < 1.29 is 14.1 Å². The first-order valence-corrected chi connectivity index (χ1v) is 9.05. The zero-order chi connectivity index (χ0) is 20.4. The molecule has 0 saturated heterocycles. The monoisotopic (exact) mass is 470 g/mol. The first kappa shape index (κ1) is 20.0. The normalized spacial score (nSPS) is 10.9. The van der Waals surface area contributed by atoms with Gasteiger partial charge in [-0.3, -0.25) is 9.48 Å². The minimum atomic E-state index is -0.629. The molecule has 28 heavy (non-hydrogen) atoms. The fourth-order valence-corrected chi connectivity index (χ4v) is 3.11. The number of nitrogens with zero attached hydrogens (tertiary/aromatic N) is 5. The molecule has 0 saturated carbocycles. The molecule has 12 heteroatoms. The van der Waals surface area contributed by atoms with Gasteiger partial charge < -0.3 is 15.4 Å². The first-order chi connectivity index (χ1) is 13.2. The van der Waals surface area contributed by atoms with E-state index in [-0.39, 0.29) is 21.9 Å². The molecule has 9 nitrogen and oxygen atoms in total. The van der Waals surface area contributed by atoms with E-state index in [4.69, 9.17) is 11.6 Å². The van der Waals surface area contributed by atoms with E-state index in [1.165, 1.54) is 27.7 Å². The summed E-state index contributed by atoms with van der Waals surface area (Å²) in [6.45, 7) is 1.71. The Morgan fingerprint density at radius 3 is 2.86 bits per heavy atom. The molecule has 2 heterocycles. The largest absolute Gasteiger partial charge is 0.404 e. The predicted molar refractivity (Wildman–Crippen MR) is 103 cm³/mol. The van der Waals surface area contributed by atoms with Crippen molar-refractivity contribution in [2.75, 3.05) is 5.32 Å². The summed E-state index contributed by atoms with van der Waals surface area (Å²) >= 11 is 9.10. The number of hydrogen-bond donors (Lipinski definition) is 1. The maximum atomic E-state index is 13.1.